The summed E-state index contributed by atoms with van der Waals surface area (Å²) in [6.07, 6.45) is 0. The Morgan fingerprint density at radius 3 is 2.33 bits per heavy atom. The molecule has 0 amide bonds. The first-order valence-corrected chi connectivity index (χ1v) is 6.02. The van der Waals surface area contributed by atoms with Crippen LogP contribution in [-0.4, -0.2) is 7.05 Å². The summed E-state index contributed by atoms with van der Waals surface area (Å²) < 4.78 is 13.0. The first-order valence-electron chi connectivity index (χ1n) is 5.64. The molecule has 18 heavy (non-hydrogen) atoms. The monoisotopic (exact) mass is 264 g/mol. The number of hydrogen-bond donors (Lipinski definition) is 2. The van der Waals surface area contributed by atoms with Crippen LogP contribution in [0.3, 0.4) is 0 Å². The lowest BCUT2D eigenvalue weighted by atomic mass is 10.2. The van der Waals surface area contributed by atoms with Crippen LogP contribution in [-0.2, 0) is 6.54 Å². The molecule has 0 aliphatic carbocycles. The van der Waals surface area contributed by atoms with Gasteiger partial charge in [-0.05, 0) is 35.9 Å². The van der Waals surface area contributed by atoms with Crippen molar-refractivity contribution in [1.29, 1.82) is 0 Å². The summed E-state index contributed by atoms with van der Waals surface area (Å²) in [6.45, 7) is 0.673. The van der Waals surface area contributed by atoms with Crippen LogP contribution in [0.5, 0.6) is 0 Å². The smallest absolute Gasteiger partial charge is 0.141 e. The fourth-order valence-corrected chi connectivity index (χ4v) is 1.78. The molecule has 0 aliphatic heterocycles. The van der Waals surface area contributed by atoms with E-state index in [1.165, 1.54) is 6.07 Å². The van der Waals surface area contributed by atoms with Gasteiger partial charge in [0, 0.05) is 25.0 Å². The van der Waals surface area contributed by atoms with Gasteiger partial charge in [0.2, 0.25) is 0 Å². The highest BCUT2D eigenvalue weighted by Gasteiger charge is 2.00. The van der Waals surface area contributed by atoms with Gasteiger partial charge >= 0.3 is 0 Å². The van der Waals surface area contributed by atoms with Gasteiger partial charge in [0.1, 0.15) is 5.82 Å². The molecular formula is C14H14ClFN2. The Balaban J connectivity index is 1.99. The number of anilines is 2. The lowest BCUT2D eigenvalue weighted by Gasteiger charge is -2.08. The molecule has 2 N–H and O–H groups in total. The lowest BCUT2D eigenvalue weighted by molar-refractivity contribution is 0.628. The van der Waals surface area contributed by atoms with E-state index in [2.05, 4.69) is 10.6 Å². The maximum Gasteiger partial charge on any atom is 0.141 e. The van der Waals surface area contributed by atoms with E-state index < -0.39 is 5.82 Å². The predicted octanol–water partition coefficient (Wildman–Crippen LogP) is 4.13. The standard InChI is InChI=1S/C14H14ClFN2/c1-17-11-4-2-10(3-5-11)9-18-12-6-7-14(16)13(15)8-12/h2-8,17-18H,9H2,1H3. The quantitative estimate of drug-likeness (QED) is 0.868. The van der Waals surface area contributed by atoms with Gasteiger partial charge in [0.05, 0.1) is 5.02 Å². The fourth-order valence-electron chi connectivity index (χ4n) is 1.60. The van der Waals surface area contributed by atoms with Crippen LogP contribution in [0.4, 0.5) is 15.8 Å². The number of benzene rings is 2. The second-order valence-electron chi connectivity index (χ2n) is 3.93. The highest BCUT2D eigenvalue weighted by molar-refractivity contribution is 6.31. The summed E-state index contributed by atoms with van der Waals surface area (Å²) in [4.78, 5) is 0. The van der Waals surface area contributed by atoms with Crippen LogP contribution < -0.4 is 10.6 Å². The molecule has 0 saturated carbocycles. The molecular weight excluding hydrogens is 251 g/mol. The summed E-state index contributed by atoms with van der Waals surface area (Å²) in [7, 11) is 1.88. The van der Waals surface area contributed by atoms with Crippen molar-refractivity contribution in [2.75, 3.05) is 17.7 Å². The van der Waals surface area contributed by atoms with Crippen LogP contribution in [0.15, 0.2) is 42.5 Å². The topological polar surface area (TPSA) is 24.1 Å². The minimum Gasteiger partial charge on any atom is -0.388 e. The van der Waals surface area contributed by atoms with Crippen molar-refractivity contribution in [1.82, 2.24) is 0 Å². The van der Waals surface area contributed by atoms with Gasteiger partial charge in [-0.25, -0.2) is 4.39 Å². The molecule has 0 heterocycles. The van der Waals surface area contributed by atoms with Gasteiger partial charge in [-0.3, -0.25) is 0 Å². The Kier molecular flexibility index (Phi) is 4.05. The Hall–Kier alpha value is -1.74. The van der Waals surface area contributed by atoms with Crippen LogP contribution in [0.1, 0.15) is 5.56 Å². The number of rotatable bonds is 4. The third-order valence-corrected chi connectivity index (χ3v) is 2.95. The summed E-state index contributed by atoms with van der Waals surface area (Å²) in [5.41, 5.74) is 3.03. The van der Waals surface area contributed by atoms with Crippen molar-refractivity contribution in [3.05, 3.63) is 58.9 Å². The summed E-state index contributed by atoms with van der Waals surface area (Å²) in [5, 5.41) is 6.39. The van der Waals surface area contributed by atoms with E-state index in [9.17, 15) is 4.39 Å². The van der Waals surface area contributed by atoms with E-state index in [1.54, 1.807) is 12.1 Å². The Bertz CT molecular complexity index is 526. The zero-order valence-corrected chi connectivity index (χ0v) is 10.8. The van der Waals surface area contributed by atoms with Crippen molar-refractivity contribution >= 4 is 23.0 Å². The molecule has 0 aromatic heterocycles. The zero-order valence-electron chi connectivity index (χ0n) is 10.0. The van der Waals surface area contributed by atoms with Gasteiger partial charge in [0.25, 0.3) is 0 Å². The van der Waals surface area contributed by atoms with Gasteiger partial charge in [-0.2, -0.15) is 0 Å². The Morgan fingerprint density at radius 1 is 1.06 bits per heavy atom. The number of nitrogens with one attached hydrogen (secondary N) is 2. The zero-order chi connectivity index (χ0) is 13.0. The Labute approximate surface area is 111 Å². The molecule has 2 aromatic rings. The lowest BCUT2D eigenvalue weighted by Crippen LogP contribution is -1.99. The molecule has 2 rings (SSSR count). The first kappa shape index (κ1) is 12.7. The highest BCUT2D eigenvalue weighted by atomic mass is 35.5. The molecule has 0 aliphatic rings. The van der Waals surface area contributed by atoms with E-state index in [4.69, 9.17) is 11.6 Å². The van der Waals surface area contributed by atoms with Crippen molar-refractivity contribution < 1.29 is 4.39 Å². The Morgan fingerprint density at radius 2 is 1.72 bits per heavy atom. The van der Waals surface area contributed by atoms with Gasteiger partial charge in [-0.1, -0.05) is 23.7 Å². The van der Waals surface area contributed by atoms with Crippen molar-refractivity contribution in [3.63, 3.8) is 0 Å². The predicted molar refractivity (Wildman–Crippen MR) is 74.7 cm³/mol. The first-order chi connectivity index (χ1) is 8.69. The maximum absolute atomic E-state index is 13.0. The van der Waals surface area contributed by atoms with E-state index in [1.807, 2.05) is 31.3 Å². The molecule has 0 fully saturated rings. The van der Waals surface area contributed by atoms with E-state index in [0.29, 0.717) is 6.54 Å². The second-order valence-corrected chi connectivity index (χ2v) is 4.34. The normalized spacial score (nSPS) is 10.2. The van der Waals surface area contributed by atoms with Crippen molar-refractivity contribution in [3.8, 4) is 0 Å². The SMILES string of the molecule is CNc1ccc(CNc2ccc(F)c(Cl)c2)cc1. The molecule has 2 nitrogen and oxygen atoms in total. The maximum atomic E-state index is 13.0. The van der Waals surface area contributed by atoms with Gasteiger partial charge < -0.3 is 10.6 Å². The molecule has 0 bridgehead atoms. The molecule has 0 radical (unpaired) electrons. The summed E-state index contributed by atoms with van der Waals surface area (Å²) in [5.74, 6) is -0.402. The van der Waals surface area contributed by atoms with Crippen LogP contribution in [0.2, 0.25) is 5.02 Å². The third-order valence-electron chi connectivity index (χ3n) is 2.66. The van der Waals surface area contributed by atoms with E-state index >= 15 is 0 Å². The molecule has 94 valence electrons. The molecule has 0 saturated heterocycles. The average Bonchev–Trinajstić information content (AvgIpc) is 2.41. The van der Waals surface area contributed by atoms with Gasteiger partial charge in [-0.15, -0.1) is 0 Å². The average molecular weight is 265 g/mol. The highest BCUT2D eigenvalue weighted by Crippen LogP contribution is 2.20. The van der Waals surface area contributed by atoms with Gasteiger partial charge in [0.15, 0.2) is 0 Å². The van der Waals surface area contributed by atoms with Crippen molar-refractivity contribution in [2.45, 2.75) is 6.54 Å². The van der Waals surface area contributed by atoms with E-state index in [0.717, 1.165) is 16.9 Å². The molecule has 0 spiro atoms. The minimum atomic E-state index is -0.402. The number of halogens is 2. The minimum absolute atomic E-state index is 0.130. The largest absolute Gasteiger partial charge is 0.388 e. The van der Waals surface area contributed by atoms with Crippen molar-refractivity contribution in [2.24, 2.45) is 0 Å². The van der Waals surface area contributed by atoms with E-state index in [-0.39, 0.29) is 5.02 Å². The van der Waals surface area contributed by atoms with Crippen LogP contribution in [0.25, 0.3) is 0 Å². The molecule has 2 aromatic carbocycles. The van der Waals surface area contributed by atoms with Crippen LogP contribution >= 0.6 is 11.6 Å². The van der Waals surface area contributed by atoms with Crippen LogP contribution in [0, 0.1) is 5.82 Å². The second kappa shape index (κ2) is 5.74. The molecule has 4 heteroatoms. The summed E-state index contributed by atoms with van der Waals surface area (Å²) >= 11 is 5.71. The number of hydrogen-bond acceptors (Lipinski definition) is 2. The molecule has 0 atom stereocenters. The molecule has 0 unspecified atom stereocenters. The summed E-state index contributed by atoms with van der Waals surface area (Å²) in [6, 6.07) is 12.7. The fraction of sp³-hybridized carbons (Fsp3) is 0.143. The third kappa shape index (κ3) is 3.14.